The second-order valence-corrected chi connectivity index (χ2v) is 8.12. The highest BCUT2D eigenvalue weighted by atomic mass is 16.5. The molecule has 0 heterocycles. The van der Waals surface area contributed by atoms with Gasteiger partial charge in [0.05, 0.1) is 12.8 Å². The summed E-state index contributed by atoms with van der Waals surface area (Å²) in [4.78, 5) is 25.1. The molecule has 35 heavy (non-hydrogen) atoms. The molecule has 2 amide bonds. The topological polar surface area (TPSA) is 122 Å². The number of aryl methyl sites for hydroxylation is 1. The Balaban J connectivity index is 1.98. The maximum atomic E-state index is 12.7. The minimum Gasteiger partial charge on any atom is -0.490 e. The van der Waals surface area contributed by atoms with Gasteiger partial charge in [-0.15, -0.1) is 0 Å². The third-order valence-electron chi connectivity index (χ3n) is 4.76. The summed E-state index contributed by atoms with van der Waals surface area (Å²) in [7, 11) is 0. The number of nitriles is 1. The van der Waals surface area contributed by atoms with Gasteiger partial charge < -0.3 is 19.5 Å². The summed E-state index contributed by atoms with van der Waals surface area (Å²) in [6.45, 7) is 7.79. The van der Waals surface area contributed by atoms with Gasteiger partial charge in [-0.2, -0.15) is 10.4 Å². The first-order chi connectivity index (χ1) is 16.8. The van der Waals surface area contributed by atoms with Crippen molar-refractivity contribution in [1.29, 1.82) is 5.26 Å². The fourth-order valence-corrected chi connectivity index (χ4v) is 3.15. The molecule has 0 unspecified atom stereocenters. The van der Waals surface area contributed by atoms with Gasteiger partial charge in [0.2, 0.25) is 0 Å². The summed E-state index contributed by atoms with van der Waals surface area (Å²) < 4.78 is 16.5. The molecule has 0 aromatic heterocycles. The number of rotatable bonds is 13. The number of nitrogens with one attached hydrogen (secondary N) is 2. The summed E-state index contributed by atoms with van der Waals surface area (Å²) in [6.07, 6.45) is 1.90. The van der Waals surface area contributed by atoms with E-state index in [0.29, 0.717) is 35.8 Å². The Kier molecular flexibility index (Phi) is 11.1. The number of hydrogen-bond acceptors (Lipinski definition) is 7. The van der Waals surface area contributed by atoms with Crippen molar-refractivity contribution in [2.75, 3.05) is 19.8 Å². The molecule has 1 atom stereocenters. The highest BCUT2D eigenvalue weighted by molar-refractivity contribution is 5.89. The van der Waals surface area contributed by atoms with E-state index in [-0.39, 0.29) is 19.1 Å². The predicted octanol–water partition coefficient (Wildman–Crippen LogP) is 3.36. The van der Waals surface area contributed by atoms with Crippen LogP contribution in [0.2, 0.25) is 0 Å². The molecule has 2 aromatic carbocycles. The molecular formula is C26H32N4O5. The van der Waals surface area contributed by atoms with Gasteiger partial charge in [0.15, 0.2) is 24.7 Å². The van der Waals surface area contributed by atoms with Crippen molar-refractivity contribution < 1.29 is 23.8 Å². The van der Waals surface area contributed by atoms with Gasteiger partial charge in [0.1, 0.15) is 17.9 Å². The van der Waals surface area contributed by atoms with Crippen molar-refractivity contribution >= 4 is 18.0 Å². The Hall–Kier alpha value is -4.06. The van der Waals surface area contributed by atoms with E-state index in [9.17, 15) is 9.59 Å². The normalized spacial score (nSPS) is 11.5. The van der Waals surface area contributed by atoms with Crippen molar-refractivity contribution in [3.8, 4) is 23.3 Å². The van der Waals surface area contributed by atoms with E-state index in [4.69, 9.17) is 19.5 Å². The van der Waals surface area contributed by atoms with Crippen LogP contribution in [0.1, 0.15) is 38.3 Å². The third-order valence-corrected chi connectivity index (χ3v) is 4.76. The minimum atomic E-state index is -0.763. The van der Waals surface area contributed by atoms with E-state index in [1.807, 2.05) is 52.0 Å². The molecule has 0 saturated heterocycles. The molecule has 0 aliphatic heterocycles. The number of hydrogen-bond donors (Lipinski definition) is 2. The molecule has 0 fully saturated rings. The van der Waals surface area contributed by atoms with E-state index >= 15 is 0 Å². The molecule has 0 bridgehead atoms. The van der Waals surface area contributed by atoms with Gasteiger partial charge in [-0.25, -0.2) is 5.43 Å². The Morgan fingerprint density at radius 3 is 2.54 bits per heavy atom. The lowest BCUT2D eigenvalue weighted by Crippen LogP contribution is -2.47. The molecule has 0 spiro atoms. The van der Waals surface area contributed by atoms with Gasteiger partial charge >= 0.3 is 0 Å². The number of carbonyl (C=O) groups excluding carboxylic acids is 2. The van der Waals surface area contributed by atoms with Gasteiger partial charge in [-0.1, -0.05) is 32.0 Å². The Morgan fingerprint density at radius 1 is 1.09 bits per heavy atom. The molecule has 2 aromatic rings. The molecular weight excluding hydrogens is 448 g/mol. The van der Waals surface area contributed by atoms with Crippen LogP contribution in [0.4, 0.5) is 0 Å². The average molecular weight is 481 g/mol. The van der Waals surface area contributed by atoms with Crippen LogP contribution in [0.15, 0.2) is 47.6 Å². The molecule has 0 saturated carbocycles. The number of benzene rings is 2. The number of hydrazone groups is 1. The fourth-order valence-electron chi connectivity index (χ4n) is 3.15. The first-order valence-corrected chi connectivity index (χ1v) is 11.4. The van der Waals surface area contributed by atoms with E-state index in [0.717, 1.165) is 5.56 Å². The third kappa shape index (κ3) is 9.37. The molecule has 0 aliphatic rings. The highest BCUT2D eigenvalue weighted by Crippen LogP contribution is 2.28. The van der Waals surface area contributed by atoms with Crippen LogP contribution in [0, 0.1) is 24.2 Å². The summed E-state index contributed by atoms with van der Waals surface area (Å²) >= 11 is 0. The second-order valence-electron chi connectivity index (χ2n) is 8.12. The van der Waals surface area contributed by atoms with Crippen LogP contribution in [-0.4, -0.2) is 43.9 Å². The van der Waals surface area contributed by atoms with Crippen molar-refractivity contribution in [3.05, 3.63) is 53.6 Å². The monoisotopic (exact) mass is 480 g/mol. The largest absolute Gasteiger partial charge is 0.490 e. The predicted molar refractivity (Wildman–Crippen MR) is 133 cm³/mol. The van der Waals surface area contributed by atoms with E-state index in [1.165, 1.54) is 6.21 Å². The molecule has 0 radical (unpaired) electrons. The standard InChI is InChI=1S/C26H32N4O5/c1-5-33-24-15-20(10-11-23(24)34-13-12-27)16-28-30-26(32)21(14-18(2)3)29-25(31)17-35-22-9-7-6-8-19(22)4/h6-11,15-16,18,21H,5,13-14,17H2,1-4H3,(H,29,31)(H,30,32)/b28-16-/t21-/m0/s1. The van der Waals surface area contributed by atoms with Gasteiger partial charge in [0, 0.05) is 0 Å². The molecule has 0 aliphatic carbocycles. The lowest BCUT2D eigenvalue weighted by atomic mass is 10.0. The molecule has 9 nitrogen and oxygen atoms in total. The number of ether oxygens (including phenoxy) is 3. The SMILES string of the molecule is CCOc1cc(/C=N\NC(=O)[C@H](CC(C)C)NC(=O)COc2ccccc2C)ccc1OCC#N. The zero-order chi connectivity index (χ0) is 25.6. The number of para-hydroxylation sites is 1. The van der Waals surface area contributed by atoms with E-state index < -0.39 is 17.9 Å². The van der Waals surface area contributed by atoms with E-state index in [2.05, 4.69) is 15.8 Å². The Morgan fingerprint density at radius 2 is 1.86 bits per heavy atom. The van der Waals surface area contributed by atoms with Crippen molar-refractivity contribution in [1.82, 2.24) is 10.7 Å². The van der Waals surface area contributed by atoms with E-state index in [1.54, 1.807) is 24.3 Å². The van der Waals surface area contributed by atoms with Gasteiger partial charge in [-0.05, 0) is 61.6 Å². The first kappa shape index (κ1) is 27.2. The first-order valence-electron chi connectivity index (χ1n) is 11.4. The van der Waals surface area contributed by atoms with Crippen LogP contribution in [0.5, 0.6) is 17.2 Å². The molecule has 186 valence electrons. The highest BCUT2D eigenvalue weighted by Gasteiger charge is 2.22. The Labute approximate surface area is 206 Å². The summed E-state index contributed by atoms with van der Waals surface area (Å²) in [5.41, 5.74) is 4.07. The second kappa shape index (κ2) is 14.3. The number of nitrogens with zero attached hydrogens (tertiary/aromatic N) is 2. The molecule has 9 heteroatoms. The quantitative estimate of drug-likeness (QED) is 0.335. The lowest BCUT2D eigenvalue weighted by Gasteiger charge is -2.19. The van der Waals surface area contributed by atoms with Crippen LogP contribution >= 0.6 is 0 Å². The Bertz CT molecular complexity index is 1060. The average Bonchev–Trinajstić information content (AvgIpc) is 2.82. The summed E-state index contributed by atoms with van der Waals surface area (Å²) in [6, 6.07) is 13.6. The van der Waals surface area contributed by atoms with Crippen LogP contribution in [0.3, 0.4) is 0 Å². The minimum absolute atomic E-state index is 0.0947. The zero-order valence-corrected chi connectivity index (χ0v) is 20.5. The van der Waals surface area contributed by atoms with Crippen LogP contribution in [0.25, 0.3) is 0 Å². The van der Waals surface area contributed by atoms with Crippen molar-refractivity contribution in [3.63, 3.8) is 0 Å². The van der Waals surface area contributed by atoms with Crippen molar-refractivity contribution in [2.45, 2.75) is 40.2 Å². The molecule has 2 rings (SSSR count). The number of carbonyl (C=O) groups is 2. The van der Waals surface area contributed by atoms with Gasteiger partial charge in [-0.3, -0.25) is 9.59 Å². The van der Waals surface area contributed by atoms with Gasteiger partial charge in [0.25, 0.3) is 11.8 Å². The van der Waals surface area contributed by atoms with Crippen LogP contribution in [-0.2, 0) is 9.59 Å². The van der Waals surface area contributed by atoms with Crippen molar-refractivity contribution in [2.24, 2.45) is 11.0 Å². The maximum absolute atomic E-state index is 12.7. The lowest BCUT2D eigenvalue weighted by molar-refractivity contribution is -0.130. The van der Waals surface area contributed by atoms with Crippen LogP contribution < -0.4 is 25.0 Å². The number of amides is 2. The summed E-state index contributed by atoms with van der Waals surface area (Å²) in [5.74, 6) is 0.874. The zero-order valence-electron chi connectivity index (χ0n) is 20.5. The smallest absolute Gasteiger partial charge is 0.262 e. The molecule has 2 N–H and O–H groups in total. The maximum Gasteiger partial charge on any atom is 0.262 e. The fraction of sp³-hybridized carbons (Fsp3) is 0.385. The summed E-state index contributed by atoms with van der Waals surface area (Å²) in [5, 5.41) is 15.5.